The summed E-state index contributed by atoms with van der Waals surface area (Å²) in [6.45, 7) is 9.17. The fourth-order valence-corrected chi connectivity index (χ4v) is 4.82. The Morgan fingerprint density at radius 1 is 1.13 bits per heavy atom. The normalized spacial score (nSPS) is 13.8. The molecule has 0 radical (unpaired) electrons. The van der Waals surface area contributed by atoms with E-state index in [-0.39, 0.29) is 17.9 Å². The van der Waals surface area contributed by atoms with Gasteiger partial charge < -0.3 is 19.9 Å². The molecule has 0 unspecified atom stereocenters. The Morgan fingerprint density at radius 3 is 2.55 bits per heavy atom. The van der Waals surface area contributed by atoms with Crippen LogP contribution in [0.2, 0.25) is 0 Å². The summed E-state index contributed by atoms with van der Waals surface area (Å²) < 4.78 is 8.02. The van der Waals surface area contributed by atoms with Crippen LogP contribution in [-0.4, -0.2) is 43.4 Å². The topological polar surface area (TPSA) is 99.2 Å². The standard InChI is InChI=1S/C30H30N6O2/c1-4-26(37)35-17-14-21(15-18-35)8-13-24-27(28-29(31)33-19-34-30(28)36(24)20(2)3)22-9-11-23(12-10-22)38-25-7-5-6-16-32-25/h4-7,9-12,16,19-21H,1,14-15,17-18H2,2-3H3,(H2,31,33,34). The lowest BCUT2D eigenvalue weighted by molar-refractivity contribution is -0.127. The summed E-state index contributed by atoms with van der Waals surface area (Å²) in [6, 6.07) is 13.4. The van der Waals surface area contributed by atoms with Crippen molar-refractivity contribution in [1.82, 2.24) is 24.4 Å². The molecular formula is C30H30N6O2. The summed E-state index contributed by atoms with van der Waals surface area (Å²) in [7, 11) is 0. The van der Waals surface area contributed by atoms with E-state index >= 15 is 0 Å². The molecule has 3 aromatic heterocycles. The zero-order chi connectivity index (χ0) is 26.6. The first-order valence-corrected chi connectivity index (χ1v) is 12.7. The maximum absolute atomic E-state index is 12.0. The Kier molecular flexibility index (Phi) is 7.09. The number of nitrogens with zero attached hydrogens (tertiary/aromatic N) is 5. The van der Waals surface area contributed by atoms with Crippen molar-refractivity contribution in [3.05, 3.63) is 73.3 Å². The van der Waals surface area contributed by atoms with Crippen LogP contribution in [0.5, 0.6) is 11.6 Å². The molecule has 8 heteroatoms. The van der Waals surface area contributed by atoms with Crippen LogP contribution in [0.25, 0.3) is 22.2 Å². The van der Waals surface area contributed by atoms with E-state index in [1.807, 2.05) is 47.4 Å². The van der Waals surface area contributed by atoms with Crippen LogP contribution >= 0.6 is 0 Å². The first kappa shape index (κ1) is 25.0. The number of hydrogen-bond donors (Lipinski definition) is 1. The number of ether oxygens (including phenoxy) is 1. The van der Waals surface area contributed by atoms with Crippen molar-refractivity contribution in [2.45, 2.75) is 32.7 Å². The summed E-state index contributed by atoms with van der Waals surface area (Å²) in [5, 5.41) is 0.787. The highest BCUT2D eigenvalue weighted by atomic mass is 16.5. The lowest BCUT2D eigenvalue weighted by Gasteiger charge is -2.28. The molecule has 1 fully saturated rings. The molecule has 4 heterocycles. The smallest absolute Gasteiger partial charge is 0.245 e. The number of likely N-dealkylation sites (tertiary alicyclic amines) is 1. The third kappa shape index (κ3) is 4.96. The molecule has 1 saturated heterocycles. The average Bonchev–Trinajstić information content (AvgIpc) is 3.28. The number of amides is 1. The molecule has 4 aromatic rings. The number of aromatic nitrogens is 4. The van der Waals surface area contributed by atoms with Gasteiger partial charge in [-0.3, -0.25) is 4.79 Å². The van der Waals surface area contributed by atoms with Gasteiger partial charge in [0, 0.05) is 42.9 Å². The number of fused-ring (bicyclic) bond motifs is 1. The molecule has 1 aliphatic rings. The molecule has 5 rings (SSSR count). The van der Waals surface area contributed by atoms with E-state index in [0.717, 1.165) is 40.7 Å². The molecule has 0 spiro atoms. The molecule has 0 atom stereocenters. The number of pyridine rings is 1. The molecule has 192 valence electrons. The Balaban J connectivity index is 1.55. The summed E-state index contributed by atoms with van der Waals surface area (Å²) in [6.07, 6.45) is 6.21. The lowest BCUT2D eigenvalue weighted by atomic mass is 9.96. The fourth-order valence-electron chi connectivity index (χ4n) is 4.82. The van der Waals surface area contributed by atoms with Gasteiger partial charge in [0.1, 0.15) is 29.2 Å². The van der Waals surface area contributed by atoms with Crippen molar-refractivity contribution < 1.29 is 9.53 Å². The van der Waals surface area contributed by atoms with Gasteiger partial charge in [0.25, 0.3) is 0 Å². The van der Waals surface area contributed by atoms with Gasteiger partial charge in [-0.05, 0) is 62.4 Å². The quantitative estimate of drug-likeness (QED) is 0.294. The summed E-state index contributed by atoms with van der Waals surface area (Å²) in [4.78, 5) is 26.9. The number of carbonyl (C=O) groups excluding carboxylic acids is 1. The van der Waals surface area contributed by atoms with Gasteiger partial charge in [0.2, 0.25) is 11.8 Å². The van der Waals surface area contributed by atoms with Crippen LogP contribution in [0.3, 0.4) is 0 Å². The van der Waals surface area contributed by atoms with Crippen molar-refractivity contribution in [2.24, 2.45) is 5.92 Å². The Bertz CT molecular complexity index is 1520. The van der Waals surface area contributed by atoms with Gasteiger partial charge in [-0.15, -0.1) is 0 Å². The summed E-state index contributed by atoms with van der Waals surface area (Å²) >= 11 is 0. The minimum Gasteiger partial charge on any atom is -0.439 e. The zero-order valence-corrected chi connectivity index (χ0v) is 21.6. The SMILES string of the molecule is C=CC(=O)N1CCC(C#Cc2c(-c3ccc(Oc4ccccn4)cc3)c3c(N)ncnc3n2C(C)C)CC1. The Hall–Kier alpha value is -4.64. The van der Waals surface area contributed by atoms with Crippen molar-refractivity contribution in [2.75, 3.05) is 18.8 Å². The maximum atomic E-state index is 12.0. The molecule has 38 heavy (non-hydrogen) atoms. The van der Waals surface area contributed by atoms with E-state index < -0.39 is 0 Å². The van der Waals surface area contributed by atoms with Gasteiger partial charge in [-0.25, -0.2) is 15.0 Å². The highest BCUT2D eigenvalue weighted by Gasteiger charge is 2.24. The third-order valence-electron chi connectivity index (χ3n) is 6.71. The van der Waals surface area contributed by atoms with E-state index in [1.54, 1.807) is 6.20 Å². The van der Waals surface area contributed by atoms with Crippen LogP contribution in [0.1, 0.15) is 38.4 Å². The molecule has 0 aliphatic carbocycles. The minimum absolute atomic E-state index is 0.0249. The predicted molar refractivity (Wildman–Crippen MR) is 148 cm³/mol. The third-order valence-corrected chi connectivity index (χ3v) is 6.71. The zero-order valence-electron chi connectivity index (χ0n) is 21.6. The number of nitrogens with two attached hydrogens (primary N) is 1. The molecule has 1 aromatic carbocycles. The van der Waals surface area contributed by atoms with E-state index in [1.165, 1.54) is 12.4 Å². The van der Waals surface area contributed by atoms with E-state index in [4.69, 9.17) is 10.5 Å². The summed E-state index contributed by atoms with van der Waals surface area (Å²) in [5.41, 5.74) is 9.87. The van der Waals surface area contributed by atoms with Gasteiger partial charge in [-0.1, -0.05) is 30.7 Å². The van der Waals surface area contributed by atoms with E-state index in [9.17, 15) is 4.79 Å². The minimum atomic E-state index is -0.0249. The molecule has 8 nitrogen and oxygen atoms in total. The number of benzene rings is 1. The first-order chi connectivity index (χ1) is 18.5. The van der Waals surface area contributed by atoms with E-state index in [2.05, 4.69) is 51.8 Å². The number of rotatable bonds is 5. The van der Waals surface area contributed by atoms with Crippen LogP contribution in [0, 0.1) is 17.8 Å². The highest BCUT2D eigenvalue weighted by molar-refractivity contribution is 6.03. The largest absolute Gasteiger partial charge is 0.439 e. The Morgan fingerprint density at radius 2 is 1.89 bits per heavy atom. The van der Waals surface area contributed by atoms with Crippen LogP contribution in [0.15, 0.2) is 67.6 Å². The lowest BCUT2D eigenvalue weighted by Crippen LogP contribution is -2.37. The highest BCUT2D eigenvalue weighted by Crippen LogP contribution is 2.39. The number of anilines is 1. The van der Waals surface area contributed by atoms with Gasteiger partial charge >= 0.3 is 0 Å². The molecule has 2 N–H and O–H groups in total. The Labute approximate surface area is 222 Å². The summed E-state index contributed by atoms with van der Waals surface area (Å²) in [5.74, 6) is 8.76. The van der Waals surface area contributed by atoms with Gasteiger partial charge in [0.15, 0.2) is 0 Å². The van der Waals surface area contributed by atoms with E-state index in [0.29, 0.717) is 30.5 Å². The molecule has 0 saturated carbocycles. The van der Waals surface area contributed by atoms with Crippen LogP contribution < -0.4 is 10.5 Å². The molecule has 1 amide bonds. The van der Waals surface area contributed by atoms with Crippen molar-refractivity contribution >= 4 is 22.8 Å². The number of hydrogen-bond acceptors (Lipinski definition) is 6. The van der Waals surface area contributed by atoms with Crippen LogP contribution in [-0.2, 0) is 4.79 Å². The second-order valence-corrected chi connectivity index (χ2v) is 9.51. The van der Waals surface area contributed by atoms with Crippen molar-refractivity contribution in [3.63, 3.8) is 0 Å². The first-order valence-electron chi connectivity index (χ1n) is 12.7. The van der Waals surface area contributed by atoms with Gasteiger partial charge in [0.05, 0.1) is 5.39 Å². The molecule has 0 bridgehead atoms. The van der Waals surface area contributed by atoms with Crippen molar-refractivity contribution in [3.8, 4) is 34.6 Å². The molecule has 1 aliphatic heterocycles. The fraction of sp³-hybridized carbons (Fsp3) is 0.267. The van der Waals surface area contributed by atoms with Gasteiger partial charge in [-0.2, -0.15) is 0 Å². The van der Waals surface area contributed by atoms with Crippen molar-refractivity contribution in [1.29, 1.82) is 0 Å². The maximum Gasteiger partial charge on any atom is 0.245 e. The number of nitrogen functional groups attached to an aromatic ring is 1. The number of piperidine rings is 1. The monoisotopic (exact) mass is 506 g/mol. The predicted octanol–water partition coefficient (Wildman–Crippen LogP) is 5.22. The van der Waals surface area contributed by atoms with Crippen LogP contribution in [0.4, 0.5) is 5.82 Å². The average molecular weight is 507 g/mol. The number of carbonyl (C=O) groups is 1. The second-order valence-electron chi connectivity index (χ2n) is 9.51. The molecular weight excluding hydrogens is 476 g/mol. The second kappa shape index (κ2) is 10.8.